The van der Waals surface area contributed by atoms with Gasteiger partial charge in [-0.05, 0) is 69.6 Å². The molecule has 1 aromatic rings. The van der Waals surface area contributed by atoms with Gasteiger partial charge in [-0.3, -0.25) is 33.7 Å². The number of nitrogens with one attached hydrogen (secondary N) is 3. The number of unbranched alkanes of at least 4 members (excludes halogenated alkanes) is 2. The van der Waals surface area contributed by atoms with Crippen molar-refractivity contribution in [2.75, 3.05) is 11.9 Å². The van der Waals surface area contributed by atoms with E-state index in [1.54, 1.807) is 52.0 Å². The van der Waals surface area contributed by atoms with Gasteiger partial charge in [-0.25, -0.2) is 0 Å². The minimum Gasteiger partial charge on any atom is -0.460 e. The summed E-state index contributed by atoms with van der Waals surface area (Å²) in [7, 11) is 0. The van der Waals surface area contributed by atoms with Gasteiger partial charge >= 0.3 is 5.97 Å². The van der Waals surface area contributed by atoms with Crippen molar-refractivity contribution in [2.45, 2.75) is 113 Å². The number of carbonyl (C=O) groups is 6. The molecule has 0 spiro atoms. The van der Waals surface area contributed by atoms with Crippen molar-refractivity contribution in [1.29, 1.82) is 0 Å². The summed E-state index contributed by atoms with van der Waals surface area (Å²) in [6.07, 6.45) is 2.26. The van der Waals surface area contributed by atoms with Gasteiger partial charge in [-0.1, -0.05) is 53.2 Å². The number of imide groups is 1. The summed E-state index contributed by atoms with van der Waals surface area (Å²) in [6.45, 7) is 16.9. The first-order valence-corrected chi connectivity index (χ1v) is 15.8. The Hall–Kier alpha value is -3.76. The first-order valence-electron chi connectivity index (χ1n) is 15.8. The molecule has 0 aromatic heterocycles. The Kier molecular flexibility index (Phi) is 13.3. The number of ether oxygens (including phenoxy) is 1. The maximum absolute atomic E-state index is 13.0. The van der Waals surface area contributed by atoms with E-state index < -0.39 is 29.3 Å². The van der Waals surface area contributed by atoms with E-state index >= 15 is 0 Å². The number of likely N-dealkylation sites (tertiary alicyclic amines) is 1. The quantitative estimate of drug-likeness (QED) is 0.158. The molecule has 1 aliphatic rings. The highest BCUT2D eigenvalue weighted by atomic mass is 16.5. The van der Waals surface area contributed by atoms with Gasteiger partial charge in [0, 0.05) is 25.1 Å². The van der Waals surface area contributed by atoms with Crippen molar-refractivity contribution in [3.8, 4) is 0 Å². The molecule has 2 rings (SSSR count). The summed E-state index contributed by atoms with van der Waals surface area (Å²) in [5.41, 5.74) is 0.434. The zero-order valence-electron chi connectivity index (χ0n) is 28.4. The number of rotatable bonds is 14. The van der Waals surface area contributed by atoms with Gasteiger partial charge in [0.2, 0.25) is 29.5 Å². The predicted octanol–water partition coefficient (Wildman–Crippen LogP) is 4.34. The average Bonchev–Trinajstić information content (AvgIpc) is 3.23. The maximum atomic E-state index is 13.0. The van der Waals surface area contributed by atoms with E-state index in [9.17, 15) is 28.8 Å². The van der Waals surface area contributed by atoms with E-state index in [0.717, 1.165) is 5.56 Å². The second-order valence-electron chi connectivity index (χ2n) is 14.3. The molecule has 1 aromatic carbocycles. The molecule has 1 saturated heterocycles. The number of benzene rings is 1. The van der Waals surface area contributed by atoms with Crippen molar-refractivity contribution in [3.63, 3.8) is 0 Å². The van der Waals surface area contributed by atoms with E-state index in [-0.39, 0.29) is 60.4 Å². The average molecular weight is 629 g/mol. The lowest BCUT2D eigenvalue weighted by Crippen LogP contribution is -2.53. The SMILES string of the molecule is CC(C)[C@H](NC(=O)CCCCCN1C(=O)CC(C(C)(C)C)C1=O)C(=O)N[C@@H](C)C(=O)Nc1ccc(COC(=O)C(C)(C)C)cc1. The number of amides is 5. The highest BCUT2D eigenvalue weighted by Crippen LogP contribution is 2.35. The molecule has 0 aliphatic carbocycles. The van der Waals surface area contributed by atoms with E-state index in [0.29, 0.717) is 31.5 Å². The van der Waals surface area contributed by atoms with Crippen molar-refractivity contribution >= 4 is 41.2 Å². The molecule has 1 heterocycles. The van der Waals surface area contributed by atoms with Crippen LogP contribution in [-0.2, 0) is 40.1 Å². The van der Waals surface area contributed by atoms with Gasteiger partial charge in [0.05, 0.1) is 11.3 Å². The minimum atomic E-state index is -0.864. The molecule has 11 nitrogen and oxygen atoms in total. The van der Waals surface area contributed by atoms with Crippen molar-refractivity contribution in [2.24, 2.45) is 22.7 Å². The van der Waals surface area contributed by atoms with Crippen LogP contribution in [0.3, 0.4) is 0 Å². The second-order valence-corrected chi connectivity index (χ2v) is 14.3. The lowest BCUT2D eigenvalue weighted by Gasteiger charge is -2.25. The summed E-state index contributed by atoms with van der Waals surface area (Å²) in [5, 5.41) is 8.21. The highest BCUT2D eigenvalue weighted by molar-refractivity contribution is 6.04. The molecule has 250 valence electrons. The Morgan fingerprint density at radius 3 is 2.04 bits per heavy atom. The van der Waals surface area contributed by atoms with Gasteiger partial charge in [0.1, 0.15) is 18.7 Å². The van der Waals surface area contributed by atoms with Crippen LogP contribution in [0.4, 0.5) is 5.69 Å². The molecule has 3 atom stereocenters. The number of nitrogens with zero attached hydrogens (tertiary/aromatic N) is 1. The Balaban J connectivity index is 1.77. The Labute approximate surface area is 267 Å². The Bertz CT molecular complexity index is 1230. The molecular weight excluding hydrogens is 576 g/mol. The number of hydrogen-bond donors (Lipinski definition) is 3. The van der Waals surface area contributed by atoms with Gasteiger partial charge < -0.3 is 20.7 Å². The lowest BCUT2D eigenvalue weighted by molar-refractivity contribution is -0.154. The highest BCUT2D eigenvalue weighted by Gasteiger charge is 2.44. The number of carbonyl (C=O) groups excluding carboxylic acids is 6. The minimum absolute atomic E-state index is 0.118. The number of anilines is 1. The third kappa shape index (κ3) is 11.6. The first kappa shape index (κ1) is 37.4. The molecule has 0 radical (unpaired) electrons. The molecule has 11 heteroatoms. The monoisotopic (exact) mass is 628 g/mol. The van der Waals surface area contributed by atoms with E-state index in [2.05, 4.69) is 16.0 Å². The standard InChI is InChI=1S/C34H52N4O7/c1-21(2)28(37-26(39)13-11-10-12-18-38-27(40)19-25(31(38)43)33(4,5)6)30(42)35-22(3)29(41)36-24-16-14-23(15-17-24)20-45-32(44)34(7,8)9/h14-17,21-22,25,28H,10-13,18-20H2,1-9H3,(H,35,42)(H,36,41)(H,37,39)/t22-,25?,28-/m0/s1. The molecule has 1 aliphatic heterocycles. The molecule has 0 saturated carbocycles. The molecule has 1 fully saturated rings. The van der Waals surface area contributed by atoms with E-state index in [1.165, 1.54) is 4.90 Å². The van der Waals surface area contributed by atoms with Crippen LogP contribution in [0.1, 0.15) is 100.0 Å². The largest absolute Gasteiger partial charge is 0.460 e. The van der Waals surface area contributed by atoms with Crippen LogP contribution < -0.4 is 16.0 Å². The first-order chi connectivity index (χ1) is 20.8. The summed E-state index contributed by atoms with van der Waals surface area (Å²) in [5.74, 6) is -2.24. The van der Waals surface area contributed by atoms with Crippen molar-refractivity contribution in [3.05, 3.63) is 29.8 Å². The summed E-state index contributed by atoms with van der Waals surface area (Å²) >= 11 is 0. The fourth-order valence-corrected chi connectivity index (χ4v) is 4.78. The summed E-state index contributed by atoms with van der Waals surface area (Å²) in [4.78, 5) is 76.6. The maximum Gasteiger partial charge on any atom is 0.311 e. The molecule has 0 bridgehead atoms. The smallest absolute Gasteiger partial charge is 0.311 e. The van der Waals surface area contributed by atoms with Gasteiger partial charge in [-0.15, -0.1) is 0 Å². The molecule has 45 heavy (non-hydrogen) atoms. The molecule has 3 N–H and O–H groups in total. The number of hydrogen-bond acceptors (Lipinski definition) is 7. The Morgan fingerprint density at radius 2 is 1.51 bits per heavy atom. The Morgan fingerprint density at radius 1 is 0.889 bits per heavy atom. The summed E-state index contributed by atoms with van der Waals surface area (Å²) < 4.78 is 5.31. The van der Waals surface area contributed by atoms with Crippen LogP contribution >= 0.6 is 0 Å². The van der Waals surface area contributed by atoms with Crippen LogP contribution in [0.25, 0.3) is 0 Å². The number of esters is 1. The van der Waals surface area contributed by atoms with Crippen LogP contribution in [-0.4, -0.2) is 59.0 Å². The van der Waals surface area contributed by atoms with E-state index in [1.807, 2.05) is 34.6 Å². The fourth-order valence-electron chi connectivity index (χ4n) is 4.78. The van der Waals surface area contributed by atoms with Crippen molar-refractivity contribution < 1.29 is 33.5 Å². The molecule has 1 unspecified atom stereocenters. The van der Waals surface area contributed by atoms with E-state index in [4.69, 9.17) is 4.74 Å². The van der Waals surface area contributed by atoms with Crippen LogP contribution in [0.15, 0.2) is 24.3 Å². The zero-order chi connectivity index (χ0) is 34.1. The third-order valence-corrected chi connectivity index (χ3v) is 7.80. The fraction of sp³-hybridized carbons (Fsp3) is 0.647. The van der Waals surface area contributed by atoms with Crippen LogP contribution in [0.2, 0.25) is 0 Å². The third-order valence-electron chi connectivity index (χ3n) is 7.80. The van der Waals surface area contributed by atoms with Gasteiger partial charge in [-0.2, -0.15) is 0 Å². The second kappa shape index (κ2) is 16.0. The summed E-state index contributed by atoms with van der Waals surface area (Å²) in [6, 6.07) is 5.18. The predicted molar refractivity (Wildman–Crippen MR) is 171 cm³/mol. The van der Waals surface area contributed by atoms with Crippen LogP contribution in [0.5, 0.6) is 0 Å². The molecule has 5 amide bonds. The molecular formula is C34H52N4O7. The van der Waals surface area contributed by atoms with Crippen LogP contribution in [0, 0.1) is 22.7 Å². The van der Waals surface area contributed by atoms with Gasteiger partial charge in [0.25, 0.3) is 0 Å². The van der Waals surface area contributed by atoms with Gasteiger partial charge in [0.15, 0.2) is 0 Å². The zero-order valence-corrected chi connectivity index (χ0v) is 28.4. The van der Waals surface area contributed by atoms with Crippen molar-refractivity contribution in [1.82, 2.24) is 15.5 Å². The topological polar surface area (TPSA) is 151 Å². The normalized spacial score (nSPS) is 16.8. The lowest BCUT2D eigenvalue weighted by atomic mass is 9.80.